The maximum atomic E-state index is 12.2. The molecule has 0 aliphatic carbocycles. The summed E-state index contributed by atoms with van der Waals surface area (Å²) in [6.45, 7) is 4.28. The molecule has 1 aromatic carbocycles. The van der Waals surface area contributed by atoms with Gasteiger partial charge in [0.15, 0.2) is 0 Å². The Labute approximate surface area is 123 Å². The number of hydrogen-bond donors (Lipinski definition) is 0. The third kappa shape index (κ3) is 3.12. The van der Waals surface area contributed by atoms with Crippen LogP contribution in [0.4, 0.5) is 5.69 Å². The van der Waals surface area contributed by atoms with Crippen LogP contribution in [0.25, 0.3) is 0 Å². The standard InChI is InChI=1S/C16H19NO4/c1-10-5-4-6-13(11(10)2)17-9-12(7-15(17)19)14(18)8-16(20)21-3/h4-6,12H,7-9H2,1-3H3/t12-/m1/s1. The molecule has 5 heteroatoms. The number of anilines is 1. The number of aryl methyl sites for hydroxylation is 1. The van der Waals surface area contributed by atoms with Crippen LogP contribution in [0.5, 0.6) is 0 Å². The van der Waals surface area contributed by atoms with E-state index in [0.717, 1.165) is 16.8 Å². The Balaban J connectivity index is 2.15. The average Bonchev–Trinajstić information content (AvgIpc) is 2.83. The lowest BCUT2D eigenvalue weighted by molar-refractivity contribution is -0.144. The van der Waals surface area contributed by atoms with Gasteiger partial charge in [-0.15, -0.1) is 0 Å². The zero-order valence-corrected chi connectivity index (χ0v) is 12.5. The Bertz CT molecular complexity index is 594. The van der Waals surface area contributed by atoms with Gasteiger partial charge in [-0.25, -0.2) is 0 Å². The van der Waals surface area contributed by atoms with E-state index in [4.69, 9.17) is 0 Å². The largest absolute Gasteiger partial charge is 0.469 e. The van der Waals surface area contributed by atoms with E-state index in [-0.39, 0.29) is 24.5 Å². The highest BCUT2D eigenvalue weighted by Crippen LogP contribution is 2.30. The molecule has 2 rings (SSSR count). The Morgan fingerprint density at radius 1 is 1.33 bits per heavy atom. The molecule has 0 aromatic heterocycles. The van der Waals surface area contributed by atoms with Gasteiger partial charge in [-0.05, 0) is 31.0 Å². The van der Waals surface area contributed by atoms with Crippen molar-refractivity contribution in [2.45, 2.75) is 26.7 Å². The third-order valence-corrected chi connectivity index (χ3v) is 3.99. The fourth-order valence-electron chi connectivity index (χ4n) is 2.54. The molecule has 1 heterocycles. The van der Waals surface area contributed by atoms with Crippen LogP contribution in [0.3, 0.4) is 0 Å². The molecule has 1 aliphatic rings. The van der Waals surface area contributed by atoms with Gasteiger partial charge >= 0.3 is 5.97 Å². The molecular formula is C16H19NO4. The summed E-state index contributed by atoms with van der Waals surface area (Å²) < 4.78 is 4.50. The molecule has 1 aliphatic heterocycles. The summed E-state index contributed by atoms with van der Waals surface area (Å²) in [5, 5.41) is 0. The minimum Gasteiger partial charge on any atom is -0.469 e. The molecule has 1 amide bonds. The lowest BCUT2D eigenvalue weighted by atomic mass is 10.0. The summed E-state index contributed by atoms with van der Waals surface area (Å²) in [6.07, 6.45) is -0.113. The van der Waals surface area contributed by atoms with Gasteiger partial charge in [-0.3, -0.25) is 14.4 Å². The van der Waals surface area contributed by atoms with E-state index in [1.54, 1.807) is 4.90 Å². The van der Waals surface area contributed by atoms with Crippen molar-refractivity contribution in [1.82, 2.24) is 0 Å². The highest BCUT2D eigenvalue weighted by atomic mass is 16.5. The minimum absolute atomic E-state index is 0.0769. The molecule has 0 radical (unpaired) electrons. The summed E-state index contributed by atoms with van der Waals surface area (Å²) in [4.78, 5) is 37.0. The van der Waals surface area contributed by atoms with Gasteiger partial charge < -0.3 is 9.64 Å². The lowest BCUT2D eigenvalue weighted by Gasteiger charge is -2.20. The molecule has 5 nitrogen and oxygen atoms in total. The fraction of sp³-hybridized carbons (Fsp3) is 0.438. The summed E-state index contributed by atoms with van der Waals surface area (Å²) in [6, 6.07) is 5.77. The predicted octanol–water partition coefficient (Wildman–Crippen LogP) is 1.79. The predicted molar refractivity (Wildman–Crippen MR) is 78.0 cm³/mol. The zero-order valence-electron chi connectivity index (χ0n) is 12.5. The van der Waals surface area contributed by atoms with E-state index in [1.165, 1.54) is 7.11 Å². The van der Waals surface area contributed by atoms with Crippen LogP contribution >= 0.6 is 0 Å². The average molecular weight is 289 g/mol. The second kappa shape index (κ2) is 6.08. The normalized spacial score (nSPS) is 18.0. The van der Waals surface area contributed by atoms with Crippen LogP contribution in [0.2, 0.25) is 0 Å². The molecule has 1 aromatic rings. The summed E-state index contributed by atoms with van der Waals surface area (Å²) >= 11 is 0. The number of Topliss-reactive ketones (excluding diaryl/α,β-unsaturated/α-hetero) is 1. The summed E-state index contributed by atoms with van der Waals surface area (Å²) in [5.74, 6) is -1.30. The molecule has 0 bridgehead atoms. The molecule has 112 valence electrons. The quantitative estimate of drug-likeness (QED) is 0.626. The highest BCUT2D eigenvalue weighted by molar-refractivity contribution is 6.04. The number of methoxy groups -OCH3 is 1. The van der Waals surface area contributed by atoms with Crippen LogP contribution < -0.4 is 4.90 Å². The molecular weight excluding hydrogens is 270 g/mol. The van der Waals surface area contributed by atoms with Crippen LogP contribution in [0, 0.1) is 19.8 Å². The monoisotopic (exact) mass is 289 g/mol. The Hall–Kier alpha value is -2.17. The summed E-state index contributed by atoms with van der Waals surface area (Å²) in [5.41, 5.74) is 2.98. The first-order chi connectivity index (χ1) is 9.93. The lowest BCUT2D eigenvalue weighted by Crippen LogP contribution is -2.27. The van der Waals surface area contributed by atoms with Crippen molar-refractivity contribution in [2.24, 2.45) is 5.92 Å². The van der Waals surface area contributed by atoms with Crippen molar-refractivity contribution in [3.05, 3.63) is 29.3 Å². The smallest absolute Gasteiger partial charge is 0.313 e. The van der Waals surface area contributed by atoms with Gasteiger partial charge in [0.25, 0.3) is 0 Å². The highest BCUT2D eigenvalue weighted by Gasteiger charge is 2.36. The Morgan fingerprint density at radius 2 is 2.05 bits per heavy atom. The van der Waals surface area contributed by atoms with Crippen LogP contribution in [0.15, 0.2) is 18.2 Å². The SMILES string of the molecule is COC(=O)CC(=O)[C@@H]1CC(=O)N(c2cccc(C)c2C)C1. The Kier molecular flexibility index (Phi) is 4.40. The zero-order chi connectivity index (χ0) is 15.6. The van der Waals surface area contributed by atoms with Gasteiger partial charge in [-0.2, -0.15) is 0 Å². The number of esters is 1. The van der Waals surface area contributed by atoms with Crippen molar-refractivity contribution in [3.8, 4) is 0 Å². The minimum atomic E-state index is -0.558. The maximum Gasteiger partial charge on any atom is 0.313 e. The molecule has 21 heavy (non-hydrogen) atoms. The first-order valence-electron chi connectivity index (χ1n) is 6.90. The maximum absolute atomic E-state index is 12.2. The number of carbonyl (C=O) groups is 3. The van der Waals surface area contributed by atoms with E-state index in [2.05, 4.69) is 4.74 Å². The number of carbonyl (C=O) groups excluding carboxylic acids is 3. The van der Waals surface area contributed by atoms with Crippen molar-refractivity contribution in [3.63, 3.8) is 0 Å². The molecule has 0 saturated carbocycles. The van der Waals surface area contributed by atoms with Crippen LogP contribution in [0.1, 0.15) is 24.0 Å². The van der Waals surface area contributed by atoms with Gasteiger partial charge in [-0.1, -0.05) is 12.1 Å². The molecule has 1 fully saturated rings. The number of nitrogens with zero attached hydrogens (tertiary/aromatic N) is 1. The number of hydrogen-bond acceptors (Lipinski definition) is 4. The number of amides is 1. The van der Waals surface area contributed by atoms with Gasteiger partial charge in [0.2, 0.25) is 5.91 Å². The van der Waals surface area contributed by atoms with E-state index >= 15 is 0 Å². The first kappa shape index (κ1) is 15.2. The van der Waals surface area contributed by atoms with Crippen LogP contribution in [-0.4, -0.2) is 31.3 Å². The molecule has 1 atom stereocenters. The van der Waals surface area contributed by atoms with E-state index in [0.29, 0.717) is 6.54 Å². The van der Waals surface area contributed by atoms with Crippen molar-refractivity contribution >= 4 is 23.3 Å². The van der Waals surface area contributed by atoms with Crippen LogP contribution in [-0.2, 0) is 19.1 Å². The second-order valence-electron chi connectivity index (χ2n) is 5.34. The van der Waals surface area contributed by atoms with Gasteiger partial charge in [0, 0.05) is 24.6 Å². The third-order valence-electron chi connectivity index (χ3n) is 3.99. The van der Waals surface area contributed by atoms with E-state index in [1.807, 2.05) is 32.0 Å². The van der Waals surface area contributed by atoms with E-state index < -0.39 is 11.9 Å². The van der Waals surface area contributed by atoms with Gasteiger partial charge in [0.05, 0.1) is 7.11 Å². The Morgan fingerprint density at radius 3 is 2.71 bits per heavy atom. The topological polar surface area (TPSA) is 63.7 Å². The molecule has 0 N–H and O–H groups in total. The van der Waals surface area contributed by atoms with Gasteiger partial charge in [0.1, 0.15) is 12.2 Å². The second-order valence-corrected chi connectivity index (χ2v) is 5.34. The molecule has 1 saturated heterocycles. The first-order valence-corrected chi connectivity index (χ1v) is 6.90. The number of ether oxygens (including phenoxy) is 1. The van der Waals surface area contributed by atoms with Crippen molar-refractivity contribution in [1.29, 1.82) is 0 Å². The number of benzene rings is 1. The van der Waals surface area contributed by atoms with Crippen molar-refractivity contribution < 1.29 is 19.1 Å². The summed E-state index contributed by atoms with van der Waals surface area (Å²) in [7, 11) is 1.25. The number of rotatable bonds is 4. The number of ketones is 1. The van der Waals surface area contributed by atoms with E-state index in [9.17, 15) is 14.4 Å². The molecule has 0 unspecified atom stereocenters. The van der Waals surface area contributed by atoms with Crippen molar-refractivity contribution in [2.75, 3.05) is 18.6 Å². The molecule has 0 spiro atoms. The fourth-order valence-corrected chi connectivity index (χ4v) is 2.54.